The lowest BCUT2D eigenvalue weighted by Gasteiger charge is -2.09. The highest BCUT2D eigenvalue weighted by Crippen LogP contribution is 2.36. The van der Waals surface area contributed by atoms with Crippen LogP contribution in [0.25, 0.3) is 21.9 Å². The number of hydrogen-bond acceptors (Lipinski definition) is 7. The molecule has 0 amide bonds. The topological polar surface area (TPSA) is 110 Å². The monoisotopic (exact) mass is 366 g/mol. The van der Waals surface area contributed by atoms with Gasteiger partial charge < -0.3 is 23.8 Å². The average Bonchev–Trinajstić information content (AvgIpc) is 2.64. The standard InChI is InChI=1S/C20H14O7/c1-25-17-8-12-16(9-14(17)21)27-20(24)13(19(12)23)6-10-2-3-11-4-5-18(22)26-15(11)7-10/h2-5,7-9,21,23H,6H2,1H3. The molecule has 0 aliphatic rings. The average molecular weight is 366 g/mol. The number of fused-ring (bicyclic) bond motifs is 2. The van der Waals surface area contributed by atoms with E-state index >= 15 is 0 Å². The number of ether oxygens (including phenoxy) is 1. The maximum atomic E-state index is 12.3. The van der Waals surface area contributed by atoms with Gasteiger partial charge >= 0.3 is 11.3 Å². The third-order valence-electron chi connectivity index (χ3n) is 4.34. The van der Waals surface area contributed by atoms with Crippen LogP contribution in [0.4, 0.5) is 0 Å². The van der Waals surface area contributed by atoms with Gasteiger partial charge in [-0.1, -0.05) is 12.1 Å². The van der Waals surface area contributed by atoms with Gasteiger partial charge in [-0.15, -0.1) is 0 Å². The fraction of sp³-hybridized carbons (Fsp3) is 0.100. The zero-order valence-corrected chi connectivity index (χ0v) is 14.2. The third-order valence-corrected chi connectivity index (χ3v) is 4.34. The minimum Gasteiger partial charge on any atom is -0.507 e. The van der Waals surface area contributed by atoms with Gasteiger partial charge in [0.05, 0.1) is 18.1 Å². The van der Waals surface area contributed by atoms with E-state index in [0.717, 1.165) is 5.39 Å². The summed E-state index contributed by atoms with van der Waals surface area (Å²) in [4.78, 5) is 23.7. The molecule has 0 fully saturated rings. The van der Waals surface area contributed by atoms with E-state index in [2.05, 4.69) is 0 Å². The fourth-order valence-electron chi connectivity index (χ4n) is 2.98. The molecule has 0 saturated carbocycles. The van der Waals surface area contributed by atoms with E-state index in [1.54, 1.807) is 24.3 Å². The van der Waals surface area contributed by atoms with E-state index in [-0.39, 0.29) is 40.2 Å². The van der Waals surface area contributed by atoms with Crippen LogP contribution in [0.2, 0.25) is 0 Å². The Bertz CT molecular complexity index is 1300. The summed E-state index contributed by atoms with van der Waals surface area (Å²) in [6.45, 7) is 0. The van der Waals surface area contributed by atoms with Crippen LogP contribution < -0.4 is 16.0 Å². The van der Waals surface area contributed by atoms with Crippen molar-refractivity contribution >= 4 is 21.9 Å². The number of aromatic hydroxyl groups is 2. The van der Waals surface area contributed by atoms with Crippen molar-refractivity contribution < 1.29 is 23.8 Å². The fourth-order valence-corrected chi connectivity index (χ4v) is 2.98. The van der Waals surface area contributed by atoms with E-state index in [0.29, 0.717) is 11.1 Å². The number of methoxy groups -OCH3 is 1. The number of rotatable bonds is 3. The lowest BCUT2D eigenvalue weighted by atomic mass is 10.0. The molecule has 4 aromatic rings. The van der Waals surface area contributed by atoms with Crippen molar-refractivity contribution in [2.24, 2.45) is 0 Å². The highest BCUT2D eigenvalue weighted by Gasteiger charge is 2.17. The highest BCUT2D eigenvalue weighted by atomic mass is 16.5. The molecule has 0 bridgehead atoms. The van der Waals surface area contributed by atoms with Gasteiger partial charge in [0.2, 0.25) is 0 Å². The van der Waals surface area contributed by atoms with E-state index in [4.69, 9.17) is 13.6 Å². The second kappa shape index (κ2) is 6.21. The quantitative estimate of drug-likeness (QED) is 0.536. The number of benzene rings is 2. The molecule has 4 rings (SSSR count). The molecule has 7 nitrogen and oxygen atoms in total. The van der Waals surface area contributed by atoms with Crippen molar-refractivity contribution in [3.63, 3.8) is 0 Å². The minimum absolute atomic E-state index is 0.0454. The van der Waals surface area contributed by atoms with Crippen LogP contribution in [-0.4, -0.2) is 17.3 Å². The van der Waals surface area contributed by atoms with E-state index in [1.807, 2.05) is 0 Å². The molecule has 0 unspecified atom stereocenters. The van der Waals surface area contributed by atoms with Crippen molar-refractivity contribution in [1.82, 2.24) is 0 Å². The molecule has 136 valence electrons. The van der Waals surface area contributed by atoms with Crippen molar-refractivity contribution in [1.29, 1.82) is 0 Å². The number of phenolic OH excluding ortho intramolecular Hbond substituents is 1. The number of hydrogen-bond donors (Lipinski definition) is 2. The van der Waals surface area contributed by atoms with Gasteiger partial charge in [0.25, 0.3) is 0 Å². The molecule has 0 saturated heterocycles. The van der Waals surface area contributed by atoms with Gasteiger partial charge in [0.15, 0.2) is 11.5 Å². The zero-order valence-electron chi connectivity index (χ0n) is 14.2. The predicted molar refractivity (Wildman–Crippen MR) is 97.7 cm³/mol. The lowest BCUT2D eigenvalue weighted by molar-refractivity contribution is 0.373. The molecule has 27 heavy (non-hydrogen) atoms. The van der Waals surface area contributed by atoms with Crippen molar-refractivity contribution in [2.45, 2.75) is 6.42 Å². The summed E-state index contributed by atoms with van der Waals surface area (Å²) in [6.07, 6.45) is 0.0713. The van der Waals surface area contributed by atoms with Gasteiger partial charge in [-0.2, -0.15) is 0 Å². The first-order valence-corrected chi connectivity index (χ1v) is 8.04. The van der Waals surface area contributed by atoms with E-state index in [1.165, 1.54) is 25.3 Å². The first-order chi connectivity index (χ1) is 13.0. The van der Waals surface area contributed by atoms with Gasteiger partial charge in [-0.05, 0) is 23.8 Å². The molecule has 0 spiro atoms. The summed E-state index contributed by atoms with van der Waals surface area (Å²) in [7, 11) is 1.38. The normalized spacial score (nSPS) is 11.1. The number of phenols is 1. The largest absolute Gasteiger partial charge is 0.507 e. The maximum Gasteiger partial charge on any atom is 0.343 e. The molecular weight excluding hydrogens is 352 g/mol. The zero-order chi connectivity index (χ0) is 19.1. The molecule has 2 aromatic heterocycles. The van der Waals surface area contributed by atoms with Crippen molar-refractivity contribution in [3.05, 3.63) is 74.4 Å². The van der Waals surface area contributed by atoms with Crippen LogP contribution in [0.5, 0.6) is 17.2 Å². The Balaban J connectivity index is 1.85. The molecule has 2 N–H and O–H groups in total. The molecule has 0 radical (unpaired) electrons. The summed E-state index contributed by atoms with van der Waals surface area (Å²) in [5.74, 6) is -0.316. The summed E-state index contributed by atoms with van der Waals surface area (Å²) in [5, 5.41) is 21.4. The molecule has 7 heteroatoms. The first kappa shape index (κ1) is 16.7. The van der Waals surface area contributed by atoms with Gasteiger partial charge in [0.1, 0.15) is 16.9 Å². The molecule has 0 aliphatic carbocycles. The Hall–Kier alpha value is -3.74. The van der Waals surface area contributed by atoms with Crippen LogP contribution in [0.3, 0.4) is 0 Å². The first-order valence-electron chi connectivity index (χ1n) is 8.04. The van der Waals surface area contributed by atoms with Crippen LogP contribution >= 0.6 is 0 Å². The van der Waals surface area contributed by atoms with Crippen LogP contribution in [0.15, 0.2) is 60.9 Å². The Morgan fingerprint density at radius 1 is 0.963 bits per heavy atom. The van der Waals surface area contributed by atoms with Crippen molar-refractivity contribution in [3.8, 4) is 17.2 Å². The highest BCUT2D eigenvalue weighted by molar-refractivity contribution is 5.87. The third kappa shape index (κ3) is 2.89. The molecule has 0 atom stereocenters. The summed E-state index contributed by atoms with van der Waals surface area (Å²) in [6, 6.07) is 10.7. The smallest absolute Gasteiger partial charge is 0.343 e. The van der Waals surface area contributed by atoms with Gasteiger partial charge in [-0.25, -0.2) is 9.59 Å². The summed E-state index contributed by atoms with van der Waals surface area (Å²) >= 11 is 0. The van der Waals surface area contributed by atoms with Crippen LogP contribution in [0, 0.1) is 0 Å². The second-order valence-electron chi connectivity index (χ2n) is 6.04. The van der Waals surface area contributed by atoms with E-state index in [9.17, 15) is 19.8 Å². The Kier molecular flexibility index (Phi) is 3.84. The Morgan fingerprint density at radius 3 is 2.52 bits per heavy atom. The van der Waals surface area contributed by atoms with E-state index < -0.39 is 11.3 Å². The van der Waals surface area contributed by atoms with Crippen LogP contribution in [-0.2, 0) is 6.42 Å². The van der Waals surface area contributed by atoms with Crippen LogP contribution in [0.1, 0.15) is 11.1 Å². The predicted octanol–water partition coefficient (Wildman–Crippen LogP) is 2.91. The molecule has 2 heterocycles. The Labute approximate surface area is 151 Å². The summed E-state index contributed by atoms with van der Waals surface area (Å²) in [5.41, 5.74) is -0.0588. The Morgan fingerprint density at radius 2 is 1.74 bits per heavy atom. The molecule has 0 aliphatic heterocycles. The summed E-state index contributed by atoms with van der Waals surface area (Å²) < 4.78 is 15.4. The minimum atomic E-state index is -0.723. The van der Waals surface area contributed by atoms with Crippen molar-refractivity contribution in [2.75, 3.05) is 7.11 Å². The molecular formula is C20H14O7. The maximum absolute atomic E-state index is 12.3. The molecule has 2 aromatic carbocycles. The second-order valence-corrected chi connectivity index (χ2v) is 6.04. The van der Waals surface area contributed by atoms with Gasteiger partial charge in [-0.3, -0.25) is 0 Å². The lowest BCUT2D eigenvalue weighted by Crippen LogP contribution is -2.08. The van der Waals surface area contributed by atoms with Gasteiger partial charge in [0, 0.05) is 23.9 Å². The SMILES string of the molecule is COc1cc2c(O)c(Cc3ccc4ccc(=O)oc4c3)c(=O)oc2cc1O.